The van der Waals surface area contributed by atoms with E-state index in [-0.39, 0.29) is 5.97 Å². The van der Waals surface area contributed by atoms with Crippen molar-refractivity contribution in [2.45, 2.75) is 32.7 Å². The van der Waals surface area contributed by atoms with Gasteiger partial charge in [0.25, 0.3) is 0 Å². The summed E-state index contributed by atoms with van der Waals surface area (Å²) in [5, 5.41) is 0. The zero-order valence-corrected chi connectivity index (χ0v) is 11.8. The Labute approximate surface area is 114 Å². The summed E-state index contributed by atoms with van der Waals surface area (Å²) in [6.07, 6.45) is 2.56. The Morgan fingerprint density at radius 1 is 1.53 bits per heavy atom. The number of nitrogen functional groups attached to an aromatic ring is 1. The van der Waals surface area contributed by atoms with Gasteiger partial charge in [-0.15, -0.1) is 0 Å². The largest absolute Gasteiger partial charge is 0.462 e. The van der Waals surface area contributed by atoms with E-state index in [0.717, 1.165) is 11.6 Å². The highest BCUT2D eigenvalue weighted by molar-refractivity contribution is 5.98. The summed E-state index contributed by atoms with van der Waals surface area (Å²) in [5.74, 6) is 0.393. The first-order chi connectivity index (χ1) is 9.06. The van der Waals surface area contributed by atoms with Crippen molar-refractivity contribution in [3.8, 4) is 0 Å². The fraction of sp³-hybridized carbons (Fsp3) is 0.533. The highest BCUT2D eigenvalue weighted by Gasteiger charge is 2.31. The van der Waals surface area contributed by atoms with Gasteiger partial charge in [-0.05, 0) is 44.7 Å². The molecule has 4 heteroatoms. The molecule has 19 heavy (non-hydrogen) atoms. The Bertz CT molecular complexity index is 469. The summed E-state index contributed by atoms with van der Waals surface area (Å²) in [5.41, 5.74) is 8.00. The minimum absolute atomic E-state index is 0.352. The minimum atomic E-state index is -0.352. The van der Waals surface area contributed by atoms with E-state index in [4.69, 9.17) is 10.5 Å². The second-order valence-electron chi connectivity index (χ2n) is 5.15. The number of carbonyl (C=O) groups is 1. The van der Waals surface area contributed by atoms with Gasteiger partial charge in [-0.25, -0.2) is 4.79 Å². The summed E-state index contributed by atoms with van der Waals surface area (Å²) >= 11 is 0. The third-order valence-electron chi connectivity index (χ3n) is 3.87. The number of hydrogen-bond acceptors (Lipinski definition) is 4. The first-order valence-corrected chi connectivity index (χ1v) is 6.84. The van der Waals surface area contributed by atoms with Gasteiger partial charge in [0.1, 0.15) is 0 Å². The van der Waals surface area contributed by atoms with Crippen LogP contribution in [0.15, 0.2) is 18.2 Å². The van der Waals surface area contributed by atoms with Crippen molar-refractivity contribution in [2.24, 2.45) is 5.92 Å². The maximum Gasteiger partial charge on any atom is 0.340 e. The lowest BCUT2D eigenvalue weighted by molar-refractivity contribution is 0.0527. The van der Waals surface area contributed by atoms with Crippen molar-refractivity contribution in [1.29, 1.82) is 0 Å². The number of benzene rings is 1. The molecule has 0 aromatic heterocycles. The molecule has 0 aliphatic heterocycles. The number of esters is 1. The number of ether oxygens (including phenoxy) is 1. The maximum absolute atomic E-state index is 11.8. The van der Waals surface area contributed by atoms with Crippen molar-refractivity contribution >= 4 is 17.3 Å². The normalized spacial score (nSPS) is 15.9. The molecule has 1 aliphatic carbocycles. The maximum atomic E-state index is 11.8. The van der Waals surface area contributed by atoms with Crippen LogP contribution in [0.25, 0.3) is 0 Å². The topological polar surface area (TPSA) is 55.6 Å². The lowest BCUT2D eigenvalue weighted by atomic mass is 10.1. The predicted octanol–water partition coefficient (Wildman–Crippen LogP) is 2.68. The highest BCUT2D eigenvalue weighted by atomic mass is 16.5. The van der Waals surface area contributed by atoms with Crippen LogP contribution in [0.4, 0.5) is 11.4 Å². The Hall–Kier alpha value is -1.71. The number of anilines is 2. The predicted molar refractivity (Wildman–Crippen MR) is 77.4 cm³/mol. The Morgan fingerprint density at radius 2 is 2.21 bits per heavy atom. The van der Waals surface area contributed by atoms with Crippen LogP contribution in [0.2, 0.25) is 0 Å². The number of nitrogens with two attached hydrogens (primary N) is 1. The molecule has 2 N–H and O–H groups in total. The van der Waals surface area contributed by atoms with Gasteiger partial charge in [0.15, 0.2) is 0 Å². The van der Waals surface area contributed by atoms with Crippen molar-refractivity contribution in [3.63, 3.8) is 0 Å². The molecule has 1 aliphatic rings. The van der Waals surface area contributed by atoms with E-state index in [2.05, 4.69) is 11.8 Å². The van der Waals surface area contributed by atoms with Crippen LogP contribution in [-0.2, 0) is 4.74 Å². The second kappa shape index (κ2) is 5.51. The zero-order valence-electron chi connectivity index (χ0n) is 11.8. The Balaban J connectivity index is 2.25. The van der Waals surface area contributed by atoms with Gasteiger partial charge in [-0.2, -0.15) is 0 Å². The van der Waals surface area contributed by atoms with Crippen LogP contribution in [0.1, 0.15) is 37.0 Å². The second-order valence-corrected chi connectivity index (χ2v) is 5.15. The molecule has 1 aromatic rings. The van der Waals surface area contributed by atoms with Crippen LogP contribution >= 0.6 is 0 Å². The van der Waals surface area contributed by atoms with Gasteiger partial charge in [0.2, 0.25) is 0 Å². The Kier molecular flexibility index (Phi) is 3.98. The quantitative estimate of drug-likeness (QED) is 0.654. The summed E-state index contributed by atoms with van der Waals surface area (Å²) in [4.78, 5) is 14.0. The van der Waals surface area contributed by atoms with Crippen LogP contribution in [0.5, 0.6) is 0 Å². The van der Waals surface area contributed by atoms with E-state index >= 15 is 0 Å². The summed E-state index contributed by atoms with van der Waals surface area (Å²) in [6, 6.07) is 5.97. The minimum Gasteiger partial charge on any atom is -0.462 e. The van der Waals surface area contributed by atoms with Gasteiger partial charge in [0, 0.05) is 13.1 Å². The van der Waals surface area contributed by atoms with Gasteiger partial charge in [-0.3, -0.25) is 0 Å². The number of carbonyl (C=O) groups excluding carboxylic acids is 1. The van der Waals surface area contributed by atoms with E-state index in [0.29, 0.717) is 23.9 Å². The average molecular weight is 262 g/mol. The molecule has 0 heterocycles. The molecule has 0 spiro atoms. The SMILES string of the molecule is CCOC(=O)c1cccc(N(C)C(C)C2CC2)c1N. The summed E-state index contributed by atoms with van der Waals surface area (Å²) in [6.45, 7) is 4.35. The van der Waals surface area contributed by atoms with Crippen molar-refractivity contribution in [1.82, 2.24) is 0 Å². The van der Waals surface area contributed by atoms with E-state index in [1.54, 1.807) is 13.0 Å². The van der Waals surface area contributed by atoms with Gasteiger partial charge >= 0.3 is 5.97 Å². The molecular formula is C15H22N2O2. The number of hydrogen-bond donors (Lipinski definition) is 1. The first kappa shape index (κ1) is 13.7. The lowest BCUT2D eigenvalue weighted by Crippen LogP contribution is -2.31. The van der Waals surface area contributed by atoms with E-state index in [1.807, 2.05) is 19.2 Å². The molecule has 1 atom stereocenters. The van der Waals surface area contributed by atoms with Crippen LogP contribution in [0, 0.1) is 5.92 Å². The van der Waals surface area contributed by atoms with Crippen molar-refractivity contribution in [3.05, 3.63) is 23.8 Å². The van der Waals surface area contributed by atoms with Gasteiger partial charge < -0.3 is 15.4 Å². The third kappa shape index (κ3) is 2.83. The number of rotatable bonds is 5. The average Bonchev–Trinajstić information content (AvgIpc) is 3.22. The number of nitrogens with zero attached hydrogens (tertiary/aromatic N) is 1. The summed E-state index contributed by atoms with van der Waals surface area (Å²) < 4.78 is 5.03. The smallest absolute Gasteiger partial charge is 0.340 e. The van der Waals surface area contributed by atoms with E-state index < -0.39 is 0 Å². The monoisotopic (exact) mass is 262 g/mol. The molecule has 1 aromatic carbocycles. The molecule has 0 saturated heterocycles. The molecule has 0 bridgehead atoms. The standard InChI is InChI=1S/C15H22N2O2/c1-4-19-15(18)12-6-5-7-13(14(12)16)17(3)10(2)11-8-9-11/h5-7,10-11H,4,8-9,16H2,1-3H3. The molecule has 104 valence electrons. The molecule has 2 rings (SSSR count). The zero-order chi connectivity index (χ0) is 14.0. The highest BCUT2D eigenvalue weighted by Crippen LogP contribution is 2.38. The Morgan fingerprint density at radius 3 is 2.79 bits per heavy atom. The van der Waals surface area contributed by atoms with Crippen LogP contribution in [0.3, 0.4) is 0 Å². The molecule has 1 fully saturated rings. The molecule has 4 nitrogen and oxygen atoms in total. The molecular weight excluding hydrogens is 240 g/mol. The fourth-order valence-corrected chi connectivity index (χ4v) is 2.36. The third-order valence-corrected chi connectivity index (χ3v) is 3.87. The van der Waals surface area contributed by atoms with Crippen LogP contribution < -0.4 is 10.6 Å². The van der Waals surface area contributed by atoms with Gasteiger partial charge in [0.05, 0.1) is 23.5 Å². The van der Waals surface area contributed by atoms with Crippen LogP contribution in [-0.4, -0.2) is 25.7 Å². The first-order valence-electron chi connectivity index (χ1n) is 6.84. The fourth-order valence-electron chi connectivity index (χ4n) is 2.36. The molecule has 1 saturated carbocycles. The summed E-state index contributed by atoms with van der Waals surface area (Å²) in [7, 11) is 2.03. The lowest BCUT2D eigenvalue weighted by Gasteiger charge is -2.28. The van der Waals surface area contributed by atoms with Gasteiger partial charge in [-0.1, -0.05) is 6.07 Å². The molecule has 0 radical (unpaired) electrons. The van der Waals surface area contributed by atoms with E-state index in [1.165, 1.54) is 12.8 Å². The molecule has 1 unspecified atom stereocenters. The van der Waals surface area contributed by atoms with Crippen molar-refractivity contribution in [2.75, 3.05) is 24.3 Å². The van der Waals surface area contributed by atoms with Crippen molar-refractivity contribution < 1.29 is 9.53 Å². The van der Waals surface area contributed by atoms with E-state index in [9.17, 15) is 4.79 Å². The number of para-hydroxylation sites is 1. The molecule has 0 amide bonds.